The molecule has 1 heterocycles. The van der Waals surface area contributed by atoms with E-state index in [1.807, 2.05) is 37.8 Å². The molecular weight excluding hydrogens is 333 g/mol. The fourth-order valence-electron chi connectivity index (χ4n) is 2.63. The maximum absolute atomic E-state index is 13.0. The lowest BCUT2D eigenvalue weighted by Gasteiger charge is -2.17. The van der Waals surface area contributed by atoms with Crippen molar-refractivity contribution in [3.05, 3.63) is 51.5 Å². The Bertz CT molecular complexity index is 592. The van der Waals surface area contributed by atoms with E-state index >= 15 is 0 Å². The van der Waals surface area contributed by atoms with Gasteiger partial charge in [-0.05, 0) is 72.9 Å². The van der Waals surface area contributed by atoms with Gasteiger partial charge in [0.25, 0.3) is 0 Å². The van der Waals surface area contributed by atoms with Gasteiger partial charge >= 0.3 is 0 Å². The average molecular weight is 354 g/mol. The molecule has 1 unspecified atom stereocenters. The summed E-state index contributed by atoms with van der Waals surface area (Å²) < 4.78 is 16.0. The van der Waals surface area contributed by atoms with Crippen LogP contribution in [0.5, 0.6) is 0 Å². The zero-order valence-corrected chi connectivity index (χ0v) is 14.2. The smallest absolute Gasteiger partial charge is 0.123 e. The van der Waals surface area contributed by atoms with Crippen LogP contribution in [0.1, 0.15) is 17.0 Å². The van der Waals surface area contributed by atoms with Crippen LogP contribution >= 0.6 is 15.9 Å². The number of halogens is 2. The zero-order chi connectivity index (χ0) is 15.4. The highest BCUT2D eigenvalue weighted by atomic mass is 79.9. The fraction of sp³-hybridized carbons (Fsp3) is 0.438. The molecule has 0 bridgehead atoms. The Labute approximate surface area is 133 Å². The summed E-state index contributed by atoms with van der Waals surface area (Å²) >= 11 is 3.62. The normalized spacial score (nSPS) is 12.6. The molecule has 5 heteroatoms. The van der Waals surface area contributed by atoms with Crippen molar-refractivity contribution in [3.8, 4) is 0 Å². The number of rotatable bonds is 6. The molecule has 0 aliphatic rings. The third-order valence-electron chi connectivity index (χ3n) is 3.67. The van der Waals surface area contributed by atoms with Gasteiger partial charge in [-0.3, -0.25) is 4.68 Å². The first kappa shape index (κ1) is 16.2. The lowest BCUT2D eigenvalue weighted by molar-refractivity contribution is 0.476. The quantitative estimate of drug-likeness (QED) is 0.863. The van der Waals surface area contributed by atoms with Crippen LogP contribution in [0.15, 0.2) is 28.7 Å². The second-order valence-corrected chi connectivity index (χ2v) is 6.22. The first-order chi connectivity index (χ1) is 10.0. The van der Waals surface area contributed by atoms with Crippen LogP contribution in [0.25, 0.3) is 0 Å². The third-order valence-corrected chi connectivity index (χ3v) is 4.71. The lowest BCUT2D eigenvalue weighted by Crippen LogP contribution is -2.23. The Kier molecular flexibility index (Phi) is 5.53. The number of aromatic nitrogens is 2. The first-order valence-corrected chi connectivity index (χ1v) is 7.87. The Balaban J connectivity index is 2.13. The van der Waals surface area contributed by atoms with Crippen LogP contribution in [-0.2, 0) is 19.9 Å². The number of benzene rings is 1. The zero-order valence-electron chi connectivity index (χ0n) is 12.7. The van der Waals surface area contributed by atoms with Crippen LogP contribution in [-0.4, -0.2) is 23.4 Å². The Morgan fingerprint density at radius 3 is 2.48 bits per heavy atom. The summed E-state index contributed by atoms with van der Waals surface area (Å²) in [6.07, 6.45) is 1.84. The van der Waals surface area contributed by atoms with Gasteiger partial charge < -0.3 is 5.32 Å². The highest BCUT2D eigenvalue weighted by molar-refractivity contribution is 9.10. The third kappa shape index (κ3) is 4.14. The van der Waals surface area contributed by atoms with Crippen molar-refractivity contribution in [2.45, 2.75) is 19.8 Å². The standard InChI is InChI=1S/C16H21BrFN3/c1-11-16(17)15(21(3)20-11)9-13(10-19-2)8-12-4-6-14(18)7-5-12/h4-7,13,19H,8-10H2,1-3H3. The molecule has 0 saturated carbocycles. The van der Waals surface area contributed by atoms with Crippen molar-refractivity contribution in [1.29, 1.82) is 0 Å². The predicted octanol–water partition coefficient (Wildman–Crippen LogP) is 3.25. The van der Waals surface area contributed by atoms with Gasteiger partial charge in [0.15, 0.2) is 0 Å². The van der Waals surface area contributed by atoms with E-state index in [-0.39, 0.29) is 5.82 Å². The molecule has 1 N–H and O–H groups in total. The summed E-state index contributed by atoms with van der Waals surface area (Å²) in [7, 11) is 3.93. The molecule has 1 aromatic carbocycles. The highest BCUT2D eigenvalue weighted by Gasteiger charge is 2.17. The molecule has 2 aromatic rings. The fourth-order valence-corrected chi connectivity index (χ4v) is 3.13. The monoisotopic (exact) mass is 353 g/mol. The van der Waals surface area contributed by atoms with Crippen LogP contribution in [0.4, 0.5) is 4.39 Å². The SMILES string of the molecule is CNCC(Cc1ccc(F)cc1)Cc1c(Br)c(C)nn1C. The van der Waals surface area contributed by atoms with E-state index in [4.69, 9.17) is 0 Å². The van der Waals surface area contributed by atoms with E-state index in [2.05, 4.69) is 26.3 Å². The van der Waals surface area contributed by atoms with Gasteiger partial charge in [-0.25, -0.2) is 4.39 Å². The molecule has 0 radical (unpaired) electrons. The Hall–Kier alpha value is -1.20. The summed E-state index contributed by atoms with van der Waals surface area (Å²) in [6.45, 7) is 2.91. The van der Waals surface area contributed by atoms with E-state index in [0.29, 0.717) is 5.92 Å². The van der Waals surface area contributed by atoms with Gasteiger partial charge in [-0.15, -0.1) is 0 Å². The molecular formula is C16H21BrFN3. The van der Waals surface area contributed by atoms with E-state index in [1.54, 1.807) is 0 Å². The minimum absolute atomic E-state index is 0.186. The van der Waals surface area contributed by atoms with Crippen molar-refractivity contribution in [2.24, 2.45) is 13.0 Å². The molecule has 3 nitrogen and oxygen atoms in total. The average Bonchev–Trinajstić information content (AvgIpc) is 2.68. The maximum atomic E-state index is 13.0. The van der Waals surface area contributed by atoms with Gasteiger partial charge in [-0.1, -0.05) is 12.1 Å². The molecule has 114 valence electrons. The number of hydrogen-bond acceptors (Lipinski definition) is 2. The minimum atomic E-state index is -0.186. The Morgan fingerprint density at radius 2 is 1.95 bits per heavy atom. The van der Waals surface area contributed by atoms with Gasteiger partial charge in [0.2, 0.25) is 0 Å². The van der Waals surface area contributed by atoms with Gasteiger partial charge in [-0.2, -0.15) is 5.10 Å². The lowest BCUT2D eigenvalue weighted by atomic mass is 9.94. The van der Waals surface area contributed by atoms with E-state index in [1.165, 1.54) is 17.8 Å². The summed E-state index contributed by atoms with van der Waals surface area (Å²) in [6, 6.07) is 6.77. The Morgan fingerprint density at radius 1 is 1.29 bits per heavy atom. The first-order valence-electron chi connectivity index (χ1n) is 7.08. The second-order valence-electron chi connectivity index (χ2n) is 5.43. The molecule has 0 spiro atoms. The number of nitrogens with one attached hydrogen (secondary N) is 1. The van der Waals surface area contributed by atoms with Gasteiger partial charge in [0, 0.05) is 7.05 Å². The number of hydrogen-bond donors (Lipinski definition) is 1. The molecule has 0 aliphatic carbocycles. The molecule has 0 amide bonds. The number of nitrogens with zero attached hydrogens (tertiary/aromatic N) is 2. The topological polar surface area (TPSA) is 29.9 Å². The summed E-state index contributed by atoms with van der Waals surface area (Å²) in [4.78, 5) is 0. The van der Waals surface area contributed by atoms with Crippen LogP contribution in [0.2, 0.25) is 0 Å². The van der Waals surface area contributed by atoms with E-state index in [0.717, 1.165) is 35.1 Å². The van der Waals surface area contributed by atoms with Crippen LogP contribution in [0.3, 0.4) is 0 Å². The molecule has 0 aliphatic heterocycles. The number of aryl methyl sites for hydroxylation is 2. The predicted molar refractivity (Wildman–Crippen MR) is 86.9 cm³/mol. The van der Waals surface area contributed by atoms with Crippen molar-refractivity contribution in [1.82, 2.24) is 15.1 Å². The van der Waals surface area contributed by atoms with Crippen molar-refractivity contribution in [2.75, 3.05) is 13.6 Å². The molecule has 2 rings (SSSR count). The molecule has 21 heavy (non-hydrogen) atoms. The minimum Gasteiger partial charge on any atom is -0.319 e. The van der Waals surface area contributed by atoms with Crippen LogP contribution < -0.4 is 5.32 Å². The summed E-state index contributed by atoms with van der Waals surface area (Å²) in [5.74, 6) is 0.250. The molecule has 0 saturated heterocycles. The van der Waals surface area contributed by atoms with Crippen molar-refractivity contribution < 1.29 is 4.39 Å². The summed E-state index contributed by atoms with van der Waals surface area (Å²) in [5.41, 5.74) is 3.37. The second kappa shape index (κ2) is 7.18. The van der Waals surface area contributed by atoms with E-state index < -0.39 is 0 Å². The highest BCUT2D eigenvalue weighted by Crippen LogP contribution is 2.24. The maximum Gasteiger partial charge on any atom is 0.123 e. The summed E-state index contributed by atoms with van der Waals surface area (Å²) in [5, 5.41) is 7.69. The van der Waals surface area contributed by atoms with Gasteiger partial charge in [0.1, 0.15) is 5.82 Å². The molecule has 1 aromatic heterocycles. The van der Waals surface area contributed by atoms with Crippen molar-refractivity contribution >= 4 is 15.9 Å². The van der Waals surface area contributed by atoms with Crippen molar-refractivity contribution in [3.63, 3.8) is 0 Å². The molecule has 0 fully saturated rings. The van der Waals surface area contributed by atoms with Gasteiger partial charge in [0.05, 0.1) is 15.9 Å². The molecule has 1 atom stereocenters. The largest absolute Gasteiger partial charge is 0.319 e. The van der Waals surface area contributed by atoms with E-state index in [9.17, 15) is 4.39 Å². The van der Waals surface area contributed by atoms with Crippen LogP contribution in [0, 0.1) is 18.7 Å².